The average Bonchev–Trinajstić information content (AvgIpc) is 2.44. The third-order valence-electron chi connectivity index (χ3n) is 3.22. The first-order valence-corrected chi connectivity index (χ1v) is 6.55. The Bertz CT molecular complexity index is 637. The summed E-state index contributed by atoms with van der Waals surface area (Å²) in [6.07, 6.45) is -0.314. The van der Waals surface area contributed by atoms with E-state index >= 15 is 0 Å². The zero-order valence-corrected chi connectivity index (χ0v) is 14.3. The molecule has 0 aliphatic heterocycles. The van der Waals surface area contributed by atoms with Crippen molar-refractivity contribution in [2.75, 3.05) is 0 Å². The van der Waals surface area contributed by atoms with Crippen molar-refractivity contribution in [3.05, 3.63) is 48.0 Å². The number of benzene rings is 2. The molecular weight excluding hydrogens is 277 g/mol. The van der Waals surface area contributed by atoms with Crippen molar-refractivity contribution in [3.63, 3.8) is 0 Å². The number of nitrogens with one attached hydrogen (secondary N) is 1. The molecule has 0 saturated carbocycles. The van der Waals surface area contributed by atoms with Gasteiger partial charge in [0, 0.05) is 12.4 Å². The first kappa shape index (κ1) is 17.7. The molecule has 1 amide bonds. The van der Waals surface area contributed by atoms with Gasteiger partial charge in [-0.15, -0.1) is 0 Å². The second-order valence-corrected chi connectivity index (χ2v) is 4.73. The van der Waals surface area contributed by atoms with E-state index in [0.717, 1.165) is 16.3 Å². The zero-order valence-electron chi connectivity index (χ0n) is 12.3. The third kappa shape index (κ3) is 4.84. The smallest absolute Gasteiger partial charge is 0.550 e. The van der Waals surface area contributed by atoms with Gasteiger partial charge in [0.25, 0.3) is 0 Å². The molecule has 0 aliphatic carbocycles. The summed E-state index contributed by atoms with van der Waals surface area (Å²) >= 11 is 0. The van der Waals surface area contributed by atoms with Crippen LogP contribution in [0.5, 0.6) is 0 Å². The Hall–Kier alpha value is -1.36. The minimum Gasteiger partial charge on any atom is -0.550 e. The maximum absolute atomic E-state index is 11.7. The third-order valence-corrected chi connectivity index (χ3v) is 3.22. The van der Waals surface area contributed by atoms with Crippen molar-refractivity contribution < 1.29 is 44.3 Å². The van der Waals surface area contributed by atoms with E-state index in [1.165, 1.54) is 0 Å². The second-order valence-electron chi connectivity index (χ2n) is 4.73. The van der Waals surface area contributed by atoms with Crippen molar-refractivity contribution in [1.82, 2.24) is 5.32 Å². The summed E-state index contributed by atoms with van der Waals surface area (Å²) in [6.45, 7) is 1.89. The number of hydrogen-bond donors (Lipinski definition) is 1. The summed E-state index contributed by atoms with van der Waals surface area (Å²) < 4.78 is 0. The molecule has 0 saturated heterocycles. The first-order chi connectivity index (χ1) is 9.58. The minimum atomic E-state index is -1.21. The molecule has 2 aromatic carbocycles. The number of carbonyl (C=O) groups is 2. The van der Waals surface area contributed by atoms with Crippen LogP contribution >= 0.6 is 0 Å². The molecule has 2 aromatic rings. The van der Waals surface area contributed by atoms with E-state index < -0.39 is 5.97 Å². The topological polar surface area (TPSA) is 69.2 Å². The van der Waals surface area contributed by atoms with Crippen LogP contribution in [0.15, 0.2) is 42.5 Å². The van der Waals surface area contributed by atoms with E-state index in [2.05, 4.69) is 5.32 Å². The largest absolute Gasteiger partial charge is 1.00 e. The van der Waals surface area contributed by atoms with Crippen LogP contribution in [0.4, 0.5) is 0 Å². The fraction of sp³-hybridized carbons (Fsp3) is 0.250. The number of rotatable bonds is 5. The summed E-state index contributed by atoms with van der Waals surface area (Å²) in [5.74, 6) is -1.49. The average molecular weight is 293 g/mol. The van der Waals surface area contributed by atoms with Gasteiger partial charge in [-0.2, -0.15) is 0 Å². The summed E-state index contributed by atoms with van der Waals surface area (Å²) in [4.78, 5) is 22.0. The summed E-state index contributed by atoms with van der Waals surface area (Å²) in [5.41, 5.74) is 1.02. The van der Waals surface area contributed by atoms with Crippen molar-refractivity contribution in [1.29, 1.82) is 0 Å². The molecule has 104 valence electrons. The molecule has 0 spiro atoms. The first-order valence-electron chi connectivity index (χ1n) is 6.55. The summed E-state index contributed by atoms with van der Waals surface area (Å²) in [7, 11) is 0. The molecule has 2 rings (SSSR count). The van der Waals surface area contributed by atoms with Crippen LogP contribution in [-0.4, -0.2) is 11.9 Å². The standard InChI is InChI=1S/C16H17NO3.Na/c1-11(17-15(18)9-10-16(19)20)13-8-4-6-12-5-2-3-7-14(12)13;/h2-8,11H,9-10H2,1H3,(H,17,18)(H,19,20);/q;+1/p-1/t11-;/m1./s1. The molecule has 21 heavy (non-hydrogen) atoms. The van der Waals surface area contributed by atoms with Gasteiger partial charge in [0.2, 0.25) is 5.91 Å². The van der Waals surface area contributed by atoms with Crippen molar-refractivity contribution in [3.8, 4) is 0 Å². The molecule has 1 N–H and O–H groups in total. The molecular formula is C16H16NNaO3. The number of carboxylic acids is 1. The molecule has 0 radical (unpaired) electrons. The Morgan fingerprint density at radius 1 is 1.10 bits per heavy atom. The molecule has 5 heteroatoms. The maximum atomic E-state index is 11.7. The van der Waals surface area contributed by atoms with Gasteiger partial charge in [0.15, 0.2) is 0 Å². The molecule has 0 fully saturated rings. The molecule has 1 atom stereocenters. The van der Waals surface area contributed by atoms with Gasteiger partial charge in [-0.05, 0) is 29.7 Å². The van der Waals surface area contributed by atoms with Crippen LogP contribution in [0.2, 0.25) is 0 Å². The number of carboxylic acid groups (broad SMARTS) is 1. The fourth-order valence-corrected chi connectivity index (χ4v) is 2.24. The van der Waals surface area contributed by atoms with Crippen molar-refractivity contribution >= 4 is 22.6 Å². The molecule has 0 unspecified atom stereocenters. The molecule has 4 nitrogen and oxygen atoms in total. The number of hydrogen-bond acceptors (Lipinski definition) is 3. The number of aliphatic carboxylic acids is 1. The van der Waals surface area contributed by atoms with Crippen LogP contribution in [0.1, 0.15) is 31.4 Å². The fourth-order valence-electron chi connectivity index (χ4n) is 2.24. The number of amides is 1. The Morgan fingerprint density at radius 2 is 1.76 bits per heavy atom. The van der Waals surface area contributed by atoms with Crippen LogP contribution in [0, 0.1) is 0 Å². The van der Waals surface area contributed by atoms with Gasteiger partial charge in [-0.25, -0.2) is 0 Å². The van der Waals surface area contributed by atoms with Crippen molar-refractivity contribution in [2.24, 2.45) is 0 Å². The van der Waals surface area contributed by atoms with Gasteiger partial charge < -0.3 is 15.2 Å². The van der Waals surface area contributed by atoms with Gasteiger partial charge in [-0.3, -0.25) is 4.79 Å². The van der Waals surface area contributed by atoms with E-state index in [1.807, 2.05) is 49.4 Å². The van der Waals surface area contributed by atoms with E-state index in [4.69, 9.17) is 0 Å². The summed E-state index contributed by atoms with van der Waals surface area (Å²) in [5, 5.41) is 15.4. The monoisotopic (exact) mass is 293 g/mol. The number of fused-ring (bicyclic) bond motifs is 1. The SMILES string of the molecule is C[C@@H](NC(=O)CCC(=O)[O-])c1cccc2ccccc12.[Na+]. The van der Waals surface area contributed by atoms with E-state index in [1.54, 1.807) is 0 Å². The van der Waals surface area contributed by atoms with Gasteiger partial charge >= 0.3 is 29.6 Å². The van der Waals surface area contributed by atoms with Gasteiger partial charge in [-0.1, -0.05) is 42.5 Å². The molecule has 0 heterocycles. The minimum absolute atomic E-state index is 0. The normalized spacial score (nSPS) is 11.5. The van der Waals surface area contributed by atoms with E-state index in [9.17, 15) is 14.7 Å². The summed E-state index contributed by atoms with van der Waals surface area (Å²) in [6, 6.07) is 13.7. The zero-order chi connectivity index (χ0) is 14.5. The quantitative estimate of drug-likeness (QED) is 0.686. The molecule has 0 aromatic heterocycles. The van der Waals surface area contributed by atoms with Crippen LogP contribution < -0.4 is 40.0 Å². The predicted molar refractivity (Wildman–Crippen MR) is 74.7 cm³/mol. The van der Waals surface area contributed by atoms with Crippen molar-refractivity contribution in [2.45, 2.75) is 25.8 Å². The Kier molecular flexibility index (Phi) is 6.89. The van der Waals surface area contributed by atoms with Crippen LogP contribution in [0.25, 0.3) is 10.8 Å². The Morgan fingerprint density at radius 3 is 2.48 bits per heavy atom. The Balaban J connectivity index is 0.00000220. The Labute approximate surface area is 145 Å². The van der Waals surface area contributed by atoms with Crippen LogP contribution in [0.3, 0.4) is 0 Å². The predicted octanol–water partition coefficient (Wildman–Crippen LogP) is -1.45. The van der Waals surface area contributed by atoms with Crippen LogP contribution in [-0.2, 0) is 9.59 Å². The maximum Gasteiger partial charge on any atom is 1.00 e. The number of carbonyl (C=O) groups excluding carboxylic acids is 2. The van der Waals surface area contributed by atoms with E-state index in [0.29, 0.717) is 0 Å². The molecule has 0 bridgehead atoms. The van der Waals surface area contributed by atoms with E-state index in [-0.39, 0.29) is 54.3 Å². The second kappa shape index (κ2) is 8.17. The van der Waals surface area contributed by atoms with Gasteiger partial charge in [0.05, 0.1) is 6.04 Å². The molecule has 0 aliphatic rings. The van der Waals surface area contributed by atoms with Gasteiger partial charge in [0.1, 0.15) is 0 Å².